The second kappa shape index (κ2) is 10.5. The number of benzene rings is 1. The van der Waals surface area contributed by atoms with E-state index in [0.717, 1.165) is 32.7 Å². The number of carbonyl (C=O) groups excluding carboxylic acids is 1. The minimum atomic E-state index is -0.0105. The minimum Gasteiger partial charge on any atom is -0.378 e. The van der Waals surface area contributed by atoms with E-state index in [0.29, 0.717) is 18.5 Å². The fourth-order valence-electron chi connectivity index (χ4n) is 4.60. The van der Waals surface area contributed by atoms with Crippen LogP contribution in [0.3, 0.4) is 0 Å². The molecule has 3 aliphatic rings. The summed E-state index contributed by atoms with van der Waals surface area (Å²) in [6, 6.07) is 8.93. The maximum absolute atomic E-state index is 12.6. The van der Waals surface area contributed by atoms with Crippen molar-refractivity contribution in [2.45, 2.75) is 50.7 Å². The number of para-hydroxylation sites is 1. The number of hydrogen-bond acceptors (Lipinski definition) is 4. The number of fused-ring (bicyclic) bond motifs is 1. The van der Waals surface area contributed by atoms with E-state index in [-0.39, 0.29) is 36.8 Å². The molecule has 2 N–H and O–H groups in total. The van der Waals surface area contributed by atoms with Crippen molar-refractivity contribution in [3.63, 3.8) is 0 Å². The second-order valence-corrected chi connectivity index (χ2v) is 7.55. The Morgan fingerprint density at radius 2 is 1.89 bits per heavy atom. The molecule has 3 fully saturated rings. The van der Waals surface area contributed by atoms with E-state index in [1.165, 1.54) is 36.9 Å². The first-order valence-corrected chi connectivity index (χ1v) is 9.75. The molecular formula is C20H31Cl2N3O2. The Morgan fingerprint density at radius 3 is 2.67 bits per heavy atom. The van der Waals surface area contributed by atoms with Crippen molar-refractivity contribution in [2.75, 3.05) is 31.2 Å². The lowest BCUT2D eigenvalue weighted by molar-refractivity contribution is -0.123. The highest BCUT2D eigenvalue weighted by molar-refractivity contribution is 5.85. The number of nitrogens with zero attached hydrogens (tertiary/aromatic N) is 1. The van der Waals surface area contributed by atoms with Gasteiger partial charge < -0.3 is 20.3 Å². The van der Waals surface area contributed by atoms with Crippen LogP contribution in [0.2, 0.25) is 0 Å². The molecule has 1 aromatic rings. The van der Waals surface area contributed by atoms with Crippen LogP contribution in [0.15, 0.2) is 24.3 Å². The third-order valence-electron chi connectivity index (χ3n) is 5.98. The molecular weight excluding hydrogens is 385 g/mol. The van der Waals surface area contributed by atoms with Crippen LogP contribution in [-0.2, 0) is 16.1 Å². The van der Waals surface area contributed by atoms with Gasteiger partial charge in [0.25, 0.3) is 0 Å². The quantitative estimate of drug-likeness (QED) is 0.793. The topological polar surface area (TPSA) is 53.6 Å². The molecule has 2 heterocycles. The standard InChI is InChI=1S/C20H29N3O2.2ClH/c24-20(18-13-15-5-1-3-7-17(15)22-18)21-14-16-6-2-4-8-19(16)23-9-11-25-12-10-23;;/h2,4,6,8,15,17-18,22H,1,3,5,7,9-14H2,(H,21,24);2*1H. The Labute approximate surface area is 174 Å². The van der Waals surface area contributed by atoms with Gasteiger partial charge in [0.2, 0.25) is 5.91 Å². The summed E-state index contributed by atoms with van der Waals surface area (Å²) in [4.78, 5) is 15.0. The van der Waals surface area contributed by atoms with E-state index in [9.17, 15) is 4.79 Å². The van der Waals surface area contributed by atoms with Crippen LogP contribution in [0, 0.1) is 5.92 Å². The molecule has 0 spiro atoms. The van der Waals surface area contributed by atoms with Crippen molar-refractivity contribution in [3.8, 4) is 0 Å². The molecule has 4 rings (SSSR count). The van der Waals surface area contributed by atoms with Crippen LogP contribution in [0.4, 0.5) is 5.69 Å². The van der Waals surface area contributed by atoms with E-state index in [1.807, 2.05) is 6.07 Å². The van der Waals surface area contributed by atoms with Gasteiger partial charge in [-0.05, 0) is 36.8 Å². The van der Waals surface area contributed by atoms with Crippen LogP contribution in [0.25, 0.3) is 0 Å². The predicted molar refractivity (Wildman–Crippen MR) is 113 cm³/mol. The summed E-state index contributed by atoms with van der Waals surface area (Å²) in [7, 11) is 0. The smallest absolute Gasteiger partial charge is 0.237 e. The lowest BCUT2D eigenvalue weighted by Gasteiger charge is -2.30. The third-order valence-corrected chi connectivity index (χ3v) is 5.98. The van der Waals surface area contributed by atoms with E-state index >= 15 is 0 Å². The summed E-state index contributed by atoms with van der Waals surface area (Å²) >= 11 is 0. The zero-order valence-corrected chi connectivity index (χ0v) is 17.3. The molecule has 0 aromatic heterocycles. The van der Waals surface area contributed by atoms with Gasteiger partial charge in [0, 0.05) is 31.4 Å². The molecule has 0 radical (unpaired) electrons. The van der Waals surface area contributed by atoms with Gasteiger partial charge in [-0.1, -0.05) is 31.0 Å². The molecule has 27 heavy (non-hydrogen) atoms. The van der Waals surface area contributed by atoms with Crippen LogP contribution in [0.1, 0.15) is 37.7 Å². The van der Waals surface area contributed by atoms with E-state index in [4.69, 9.17) is 4.74 Å². The molecule has 1 aliphatic carbocycles. The van der Waals surface area contributed by atoms with Crippen molar-refractivity contribution in [1.29, 1.82) is 0 Å². The van der Waals surface area contributed by atoms with Crippen LogP contribution >= 0.6 is 24.8 Å². The Balaban J connectivity index is 0.00000131. The number of anilines is 1. The van der Waals surface area contributed by atoms with E-state index in [1.54, 1.807) is 0 Å². The molecule has 1 saturated carbocycles. The fourth-order valence-corrected chi connectivity index (χ4v) is 4.60. The Bertz CT molecular complexity index is 597. The maximum Gasteiger partial charge on any atom is 0.237 e. The third kappa shape index (κ3) is 5.29. The number of rotatable bonds is 4. The van der Waals surface area contributed by atoms with Crippen LogP contribution < -0.4 is 15.5 Å². The molecule has 2 aliphatic heterocycles. The fraction of sp³-hybridized carbons (Fsp3) is 0.650. The lowest BCUT2D eigenvalue weighted by atomic mass is 9.85. The number of halogens is 2. The van der Waals surface area contributed by atoms with E-state index in [2.05, 4.69) is 33.7 Å². The molecule has 152 valence electrons. The number of ether oxygens (including phenoxy) is 1. The summed E-state index contributed by atoms with van der Waals surface area (Å²) < 4.78 is 5.45. The van der Waals surface area contributed by atoms with Gasteiger partial charge in [-0.2, -0.15) is 0 Å². The SMILES string of the molecule is Cl.Cl.O=C(NCc1ccccc1N1CCOCC1)C1CC2CCCCC2N1. The lowest BCUT2D eigenvalue weighted by Crippen LogP contribution is -2.43. The highest BCUT2D eigenvalue weighted by atomic mass is 35.5. The zero-order valence-electron chi connectivity index (χ0n) is 15.7. The summed E-state index contributed by atoms with van der Waals surface area (Å²) in [6.45, 7) is 3.97. The summed E-state index contributed by atoms with van der Waals surface area (Å²) in [6.07, 6.45) is 6.14. The highest BCUT2D eigenvalue weighted by Crippen LogP contribution is 2.33. The van der Waals surface area contributed by atoms with Crippen LogP contribution in [-0.4, -0.2) is 44.3 Å². The predicted octanol–water partition coefficient (Wildman–Crippen LogP) is 2.90. The normalized spacial score (nSPS) is 27.1. The average molecular weight is 416 g/mol. The van der Waals surface area contributed by atoms with Crippen molar-refractivity contribution < 1.29 is 9.53 Å². The van der Waals surface area contributed by atoms with Gasteiger partial charge in [-0.25, -0.2) is 0 Å². The van der Waals surface area contributed by atoms with Gasteiger partial charge in [0.1, 0.15) is 0 Å². The van der Waals surface area contributed by atoms with Gasteiger partial charge in [-0.3, -0.25) is 4.79 Å². The molecule has 0 bridgehead atoms. The van der Waals surface area contributed by atoms with Crippen LogP contribution in [0.5, 0.6) is 0 Å². The molecule has 3 unspecified atom stereocenters. The molecule has 7 heteroatoms. The highest BCUT2D eigenvalue weighted by Gasteiger charge is 2.38. The van der Waals surface area contributed by atoms with Gasteiger partial charge >= 0.3 is 0 Å². The Kier molecular flexibility index (Phi) is 8.67. The second-order valence-electron chi connectivity index (χ2n) is 7.55. The van der Waals surface area contributed by atoms with Crippen molar-refractivity contribution in [3.05, 3.63) is 29.8 Å². The average Bonchev–Trinajstić information content (AvgIpc) is 3.11. The molecule has 5 nitrogen and oxygen atoms in total. The Hall–Kier alpha value is -1.01. The summed E-state index contributed by atoms with van der Waals surface area (Å²) in [5.41, 5.74) is 2.41. The molecule has 1 aromatic carbocycles. The molecule has 2 saturated heterocycles. The number of nitrogens with one attached hydrogen (secondary N) is 2. The van der Waals surface area contributed by atoms with Gasteiger partial charge in [-0.15, -0.1) is 24.8 Å². The van der Waals surface area contributed by atoms with Crippen molar-refractivity contribution in [1.82, 2.24) is 10.6 Å². The molecule has 1 amide bonds. The van der Waals surface area contributed by atoms with Crippen molar-refractivity contribution in [2.24, 2.45) is 5.92 Å². The monoisotopic (exact) mass is 415 g/mol. The number of carbonyl (C=O) groups is 1. The maximum atomic E-state index is 12.6. The Morgan fingerprint density at radius 1 is 1.15 bits per heavy atom. The largest absolute Gasteiger partial charge is 0.378 e. The minimum absolute atomic E-state index is 0. The first kappa shape index (κ1) is 22.3. The molecule has 3 atom stereocenters. The number of hydrogen-bond donors (Lipinski definition) is 2. The van der Waals surface area contributed by atoms with E-state index < -0.39 is 0 Å². The first-order chi connectivity index (χ1) is 12.3. The van der Waals surface area contributed by atoms with Gasteiger partial charge in [0.05, 0.1) is 19.3 Å². The summed E-state index contributed by atoms with van der Waals surface area (Å²) in [5.74, 6) is 0.858. The first-order valence-electron chi connectivity index (χ1n) is 9.75. The summed E-state index contributed by atoms with van der Waals surface area (Å²) in [5, 5.41) is 6.74. The number of amides is 1. The van der Waals surface area contributed by atoms with Gasteiger partial charge in [0.15, 0.2) is 0 Å². The number of morpholine rings is 1. The zero-order chi connectivity index (χ0) is 17.1. The van der Waals surface area contributed by atoms with Crippen molar-refractivity contribution >= 4 is 36.4 Å².